The molecule has 0 radical (unpaired) electrons. The normalized spacial score (nSPS) is 28.4. The molecule has 1 aromatic rings. The van der Waals surface area contributed by atoms with Crippen molar-refractivity contribution >= 4 is 17.8 Å². The van der Waals surface area contributed by atoms with E-state index in [1.807, 2.05) is 30.3 Å². The van der Waals surface area contributed by atoms with Gasteiger partial charge >= 0.3 is 12.0 Å². The van der Waals surface area contributed by atoms with Gasteiger partial charge in [-0.05, 0) is 50.5 Å². The summed E-state index contributed by atoms with van der Waals surface area (Å²) in [7, 11) is 0. The van der Waals surface area contributed by atoms with Crippen LogP contribution in [0.25, 0.3) is 0 Å². The number of carbonyl (C=O) groups is 2. The first-order valence-corrected chi connectivity index (χ1v) is 9.60. The largest absolute Gasteiger partial charge is 0.480 e. The minimum absolute atomic E-state index is 0.0510. The number of likely N-dealkylation sites (tertiary alicyclic amines) is 1. The lowest BCUT2D eigenvalue weighted by molar-refractivity contribution is -0.146. The number of nitrogens with zero attached hydrogens (tertiary/aromatic N) is 1. The number of urea groups is 1. The number of rotatable bonds is 4. The topological polar surface area (TPSA) is 120 Å². The van der Waals surface area contributed by atoms with Crippen LogP contribution in [0, 0.1) is 5.41 Å². The third-order valence-corrected chi connectivity index (χ3v) is 6.20. The summed E-state index contributed by atoms with van der Waals surface area (Å²) in [5.74, 6) is -0.965. The molecule has 5 N–H and O–H groups in total. The van der Waals surface area contributed by atoms with Crippen LogP contribution in [0.5, 0.6) is 0 Å². The van der Waals surface area contributed by atoms with Crippen LogP contribution in [0.2, 0.25) is 0 Å². The number of nitrogens with two attached hydrogens (primary N) is 1. The second-order valence-electron chi connectivity index (χ2n) is 7.73. The number of carboxylic acids is 1. The highest BCUT2D eigenvalue weighted by atomic mass is 16.4. The maximum absolute atomic E-state index is 12.6. The highest BCUT2D eigenvalue weighted by molar-refractivity contribution is 5.91. The first-order valence-electron chi connectivity index (χ1n) is 9.60. The van der Waals surface area contributed by atoms with Gasteiger partial charge in [0.05, 0.1) is 5.41 Å². The van der Waals surface area contributed by atoms with E-state index in [1.54, 1.807) is 4.90 Å². The Balaban J connectivity index is 1.79. The van der Waals surface area contributed by atoms with E-state index in [2.05, 4.69) is 5.32 Å². The monoisotopic (exact) mass is 372 g/mol. The summed E-state index contributed by atoms with van der Waals surface area (Å²) in [6.45, 7) is 1.34. The minimum atomic E-state index is -1.30. The number of carboxylic acid groups (broad SMARTS) is 1. The van der Waals surface area contributed by atoms with Gasteiger partial charge in [0.2, 0.25) is 0 Å². The van der Waals surface area contributed by atoms with Crippen molar-refractivity contribution in [1.82, 2.24) is 10.2 Å². The number of amides is 2. The Morgan fingerprint density at radius 1 is 1.04 bits per heavy atom. The highest BCUT2D eigenvalue weighted by Gasteiger charge is 2.50. The lowest BCUT2D eigenvalue weighted by atomic mass is 9.63. The number of benzene rings is 1. The van der Waals surface area contributed by atoms with Crippen molar-refractivity contribution in [3.63, 3.8) is 0 Å². The predicted octanol–water partition coefficient (Wildman–Crippen LogP) is 2.45. The molecule has 0 atom stereocenters. The first kappa shape index (κ1) is 19.2. The Morgan fingerprint density at radius 2 is 1.63 bits per heavy atom. The van der Waals surface area contributed by atoms with Gasteiger partial charge in [0.15, 0.2) is 0 Å². The SMILES string of the molecule is N=C(N)C1(c2ccccc2)CCC(NC(=O)N2CCCCC2)(C(=O)O)CC1. The van der Waals surface area contributed by atoms with E-state index >= 15 is 0 Å². The van der Waals surface area contributed by atoms with Gasteiger partial charge in [0.25, 0.3) is 0 Å². The van der Waals surface area contributed by atoms with Crippen molar-refractivity contribution < 1.29 is 14.7 Å². The van der Waals surface area contributed by atoms with Crippen LogP contribution < -0.4 is 11.1 Å². The van der Waals surface area contributed by atoms with Gasteiger partial charge in [0, 0.05) is 13.1 Å². The number of amidine groups is 1. The number of aliphatic carboxylic acids is 1. The quantitative estimate of drug-likeness (QED) is 0.479. The maximum atomic E-state index is 12.6. The zero-order chi connectivity index (χ0) is 19.5. The molecule has 2 aliphatic rings. The molecule has 3 rings (SSSR count). The fraction of sp³-hybridized carbons (Fsp3) is 0.550. The molecule has 0 spiro atoms. The van der Waals surface area contributed by atoms with Crippen LogP contribution in [-0.4, -0.2) is 46.5 Å². The number of nitrogens with one attached hydrogen (secondary N) is 2. The zero-order valence-corrected chi connectivity index (χ0v) is 15.5. The number of hydrogen-bond donors (Lipinski definition) is 4. The average molecular weight is 372 g/mol. The molecule has 1 saturated carbocycles. The molecule has 146 valence electrons. The Kier molecular flexibility index (Phi) is 5.39. The molecule has 1 heterocycles. The Bertz CT molecular complexity index is 705. The Labute approximate surface area is 159 Å². The lowest BCUT2D eigenvalue weighted by Crippen LogP contribution is -2.62. The summed E-state index contributed by atoms with van der Waals surface area (Å²) in [4.78, 5) is 26.4. The predicted molar refractivity (Wildman–Crippen MR) is 103 cm³/mol. The van der Waals surface area contributed by atoms with Crippen molar-refractivity contribution in [3.8, 4) is 0 Å². The zero-order valence-electron chi connectivity index (χ0n) is 15.5. The molecule has 2 amide bonds. The van der Waals surface area contributed by atoms with Crippen molar-refractivity contribution in [1.29, 1.82) is 5.41 Å². The third kappa shape index (κ3) is 3.63. The van der Waals surface area contributed by atoms with Crippen LogP contribution in [0.15, 0.2) is 30.3 Å². The summed E-state index contributed by atoms with van der Waals surface area (Å²) >= 11 is 0. The van der Waals surface area contributed by atoms with Crippen LogP contribution in [0.3, 0.4) is 0 Å². The smallest absolute Gasteiger partial charge is 0.329 e. The fourth-order valence-corrected chi connectivity index (χ4v) is 4.35. The molecule has 27 heavy (non-hydrogen) atoms. The van der Waals surface area contributed by atoms with Crippen molar-refractivity contribution in [2.24, 2.45) is 5.73 Å². The van der Waals surface area contributed by atoms with E-state index in [1.165, 1.54) is 0 Å². The van der Waals surface area contributed by atoms with Crippen molar-refractivity contribution in [2.75, 3.05) is 13.1 Å². The second-order valence-corrected chi connectivity index (χ2v) is 7.73. The van der Waals surface area contributed by atoms with Crippen LogP contribution >= 0.6 is 0 Å². The van der Waals surface area contributed by atoms with Crippen LogP contribution in [0.4, 0.5) is 4.79 Å². The van der Waals surface area contributed by atoms with E-state index in [4.69, 9.17) is 11.1 Å². The van der Waals surface area contributed by atoms with Gasteiger partial charge in [-0.25, -0.2) is 9.59 Å². The molecule has 0 unspecified atom stereocenters. The Morgan fingerprint density at radius 3 is 2.15 bits per heavy atom. The molecule has 1 aromatic carbocycles. The van der Waals surface area contributed by atoms with Gasteiger partial charge in [0.1, 0.15) is 11.4 Å². The molecule has 7 nitrogen and oxygen atoms in total. The number of carbonyl (C=O) groups excluding carboxylic acids is 1. The summed E-state index contributed by atoms with van der Waals surface area (Å²) in [6.07, 6.45) is 4.33. The van der Waals surface area contributed by atoms with Crippen molar-refractivity contribution in [2.45, 2.75) is 55.9 Å². The number of hydrogen-bond acceptors (Lipinski definition) is 3. The molecule has 1 aliphatic carbocycles. The van der Waals surface area contributed by atoms with E-state index in [-0.39, 0.29) is 24.7 Å². The molecule has 7 heteroatoms. The van der Waals surface area contributed by atoms with Gasteiger partial charge in [-0.3, -0.25) is 5.41 Å². The standard InChI is InChI=1S/C20H28N4O3/c21-16(22)19(15-7-3-1-4-8-15)9-11-20(12-10-19,17(25)26)23-18(27)24-13-5-2-6-14-24/h1,3-4,7-8H,2,5-6,9-14H2,(H3,21,22)(H,23,27)(H,25,26). The van der Waals surface area contributed by atoms with E-state index in [0.29, 0.717) is 25.9 Å². The first-order chi connectivity index (χ1) is 12.9. The van der Waals surface area contributed by atoms with Crippen LogP contribution in [-0.2, 0) is 10.2 Å². The van der Waals surface area contributed by atoms with Gasteiger partial charge in [-0.2, -0.15) is 0 Å². The van der Waals surface area contributed by atoms with Gasteiger partial charge in [-0.15, -0.1) is 0 Å². The van der Waals surface area contributed by atoms with E-state index in [0.717, 1.165) is 24.8 Å². The highest BCUT2D eigenvalue weighted by Crippen LogP contribution is 2.43. The summed E-state index contributed by atoms with van der Waals surface area (Å²) in [5.41, 5.74) is 4.91. The van der Waals surface area contributed by atoms with Crippen molar-refractivity contribution in [3.05, 3.63) is 35.9 Å². The fourth-order valence-electron chi connectivity index (χ4n) is 4.35. The average Bonchev–Trinajstić information content (AvgIpc) is 2.69. The second kappa shape index (κ2) is 7.58. The Hall–Kier alpha value is -2.57. The minimum Gasteiger partial charge on any atom is -0.480 e. The molecule has 1 saturated heterocycles. The lowest BCUT2D eigenvalue weighted by Gasteiger charge is -2.45. The summed E-state index contributed by atoms with van der Waals surface area (Å²) in [6, 6.07) is 9.27. The molecule has 2 fully saturated rings. The molecule has 1 aliphatic heterocycles. The summed E-state index contributed by atoms with van der Waals surface area (Å²) in [5, 5.41) is 20.9. The molecule has 0 aromatic heterocycles. The molecular weight excluding hydrogens is 344 g/mol. The van der Waals surface area contributed by atoms with Crippen LogP contribution in [0.1, 0.15) is 50.5 Å². The third-order valence-electron chi connectivity index (χ3n) is 6.20. The van der Waals surface area contributed by atoms with E-state index in [9.17, 15) is 14.7 Å². The van der Waals surface area contributed by atoms with E-state index < -0.39 is 16.9 Å². The van der Waals surface area contributed by atoms with Gasteiger partial charge < -0.3 is 21.1 Å². The molecular formula is C20H28N4O3. The molecule has 0 bridgehead atoms. The van der Waals surface area contributed by atoms with Gasteiger partial charge in [-0.1, -0.05) is 30.3 Å². The maximum Gasteiger partial charge on any atom is 0.329 e. The number of piperidine rings is 1. The summed E-state index contributed by atoms with van der Waals surface area (Å²) < 4.78 is 0.